The Bertz CT molecular complexity index is 553. The van der Waals surface area contributed by atoms with Crippen LogP contribution in [0.4, 0.5) is 5.69 Å². The Hall–Kier alpha value is -2.53. The highest BCUT2D eigenvalue weighted by atomic mass is 15.3. The molecule has 0 saturated heterocycles. The van der Waals surface area contributed by atoms with Crippen molar-refractivity contribution >= 4 is 5.69 Å². The maximum Gasteiger partial charge on any atom is 0.181 e. The van der Waals surface area contributed by atoms with E-state index in [1.54, 1.807) is 11.0 Å². The fraction of sp³-hybridized carbons (Fsp3) is 0.200. The van der Waals surface area contributed by atoms with Crippen LogP contribution in [-0.2, 0) is 6.54 Å². The van der Waals surface area contributed by atoms with E-state index >= 15 is 0 Å². The summed E-state index contributed by atoms with van der Waals surface area (Å²) in [5.74, 6) is 0.609. The van der Waals surface area contributed by atoms with Gasteiger partial charge in [0.1, 0.15) is 6.33 Å². The molecule has 2 aromatic rings. The first-order valence-electron chi connectivity index (χ1n) is 5.06. The summed E-state index contributed by atoms with van der Waals surface area (Å²) in [6, 6.07) is 7.37. The minimum atomic E-state index is 0.357. The fourth-order valence-corrected chi connectivity index (χ4v) is 1.40. The van der Waals surface area contributed by atoms with Gasteiger partial charge in [0.05, 0.1) is 0 Å². The minimum absolute atomic E-state index is 0.357. The van der Waals surface area contributed by atoms with E-state index in [-0.39, 0.29) is 0 Å². The first kappa shape index (κ1) is 11.0. The Balaban J connectivity index is 2.15. The van der Waals surface area contributed by atoms with Crippen LogP contribution in [0.25, 0.3) is 21.8 Å². The molecular formula is C10H11N7. The van der Waals surface area contributed by atoms with Crippen molar-refractivity contribution in [2.75, 3.05) is 12.3 Å². The molecule has 2 rings (SSSR count). The van der Waals surface area contributed by atoms with E-state index in [9.17, 15) is 0 Å². The lowest BCUT2D eigenvalue weighted by Crippen LogP contribution is -2.01. The molecule has 0 saturated carbocycles. The Morgan fingerprint density at radius 3 is 3.12 bits per heavy atom. The van der Waals surface area contributed by atoms with E-state index in [4.69, 9.17) is 11.3 Å². The van der Waals surface area contributed by atoms with Gasteiger partial charge in [0.15, 0.2) is 5.82 Å². The van der Waals surface area contributed by atoms with E-state index in [1.807, 2.05) is 24.3 Å². The van der Waals surface area contributed by atoms with Gasteiger partial charge in [-0.3, -0.25) is 4.68 Å². The van der Waals surface area contributed by atoms with Gasteiger partial charge in [-0.05, 0) is 17.7 Å². The summed E-state index contributed by atoms with van der Waals surface area (Å²) in [4.78, 5) is 6.84. The normalized spacial score (nSPS) is 9.88. The zero-order valence-electron chi connectivity index (χ0n) is 9.06. The van der Waals surface area contributed by atoms with Crippen LogP contribution in [0.3, 0.4) is 0 Å². The van der Waals surface area contributed by atoms with Crippen LogP contribution in [0.2, 0.25) is 0 Å². The van der Waals surface area contributed by atoms with Crippen LogP contribution >= 0.6 is 0 Å². The summed E-state index contributed by atoms with van der Waals surface area (Å²) in [5, 5.41) is 7.70. The number of nitrogen functional groups attached to an aromatic ring is 1. The van der Waals surface area contributed by atoms with Gasteiger partial charge in [0, 0.05) is 29.3 Å². The molecule has 1 aromatic heterocycles. The molecule has 0 bridgehead atoms. The molecule has 0 aliphatic heterocycles. The second kappa shape index (κ2) is 5.00. The van der Waals surface area contributed by atoms with E-state index in [1.165, 1.54) is 0 Å². The number of aromatic nitrogens is 3. The SMILES string of the molecule is [N-]=[N+]=NCCn1cnc(-c2cccc(N)c2)n1. The monoisotopic (exact) mass is 229 g/mol. The van der Waals surface area contributed by atoms with E-state index in [0.29, 0.717) is 24.6 Å². The molecule has 86 valence electrons. The molecule has 1 aromatic carbocycles. The van der Waals surface area contributed by atoms with E-state index in [0.717, 1.165) is 5.56 Å². The zero-order chi connectivity index (χ0) is 12.1. The van der Waals surface area contributed by atoms with Crippen molar-refractivity contribution < 1.29 is 0 Å². The number of azide groups is 1. The minimum Gasteiger partial charge on any atom is -0.399 e. The topological polar surface area (TPSA) is 105 Å². The molecule has 7 nitrogen and oxygen atoms in total. The van der Waals surface area contributed by atoms with Gasteiger partial charge in [0.25, 0.3) is 0 Å². The number of hydrogen-bond acceptors (Lipinski definition) is 4. The summed E-state index contributed by atoms with van der Waals surface area (Å²) in [7, 11) is 0. The van der Waals surface area contributed by atoms with Gasteiger partial charge in [0.2, 0.25) is 0 Å². The average Bonchev–Trinajstić information content (AvgIpc) is 2.78. The van der Waals surface area contributed by atoms with Gasteiger partial charge in [-0.1, -0.05) is 17.2 Å². The van der Waals surface area contributed by atoms with Crippen molar-refractivity contribution in [2.24, 2.45) is 5.11 Å². The van der Waals surface area contributed by atoms with Gasteiger partial charge in [-0.2, -0.15) is 5.10 Å². The molecule has 0 aliphatic carbocycles. The largest absolute Gasteiger partial charge is 0.399 e. The average molecular weight is 229 g/mol. The third kappa shape index (κ3) is 2.73. The zero-order valence-corrected chi connectivity index (χ0v) is 9.06. The lowest BCUT2D eigenvalue weighted by atomic mass is 10.2. The Kier molecular flexibility index (Phi) is 3.23. The number of anilines is 1. The smallest absolute Gasteiger partial charge is 0.181 e. The lowest BCUT2D eigenvalue weighted by Gasteiger charge is -1.97. The van der Waals surface area contributed by atoms with Crippen molar-refractivity contribution in [3.05, 3.63) is 41.0 Å². The highest BCUT2D eigenvalue weighted by molar-refractivity contribution is 5.60. The van der Waals surface area contributed by atoms with Crippen LogP contribution in [-0.4, -0.2) is 21.3 Å². The number of rotatable bonds is 4. The molecule has 0 aliphatic rings. The molecule has 0 fully saturated rings. The highest BCUT2D eigenvalue weighted by Crippen LogP contribution is 2.16. The molecule has 1 heterocycles. The number of nitrogens with two attached hydrogens (primary N) is 1. The van der Waals surface area contributed by atoms with Crippen molar-refractivity contribution in [1.82, 2.24) is 14.8 Å². The Morgan fingerprint density at radius 1 is 1.47 bits per heavy atom. The maximum atomic E-state index is 8.16. The molecular weight excluding hydrogens is 218 g/mol. The quantitative estimate of drug-likeness (QED) is 0.374. The summed E-state index contributed by atoms with van der Waals surface area (Å²) in [5.41, 5.74) is 15.4. The van der Waals surface area contributed by atoms with Crippen molar-refractivity contribution in [3.63, 3.8) is 0 Å². The van der Waals surface area contributed by atoms with Crippen LogP contribution in [0.1, 0.15) is 0 Å². The van der Waals surface area contributed by atoms with Gasteiger partial charge < -0.3 is 5.73 Å². The lowest BCUT2D eigenvalue weighted by molar-refractivity contribution is 0.623. The van der Waals surface area contributed by atoms with Gasteiger partial charge in [-0.15, -0.1) is 0 Å². The number of benzene rings is 1. The third-order valence-corrected chi connectivity index (χ3v) is 2.17. The van der Waals surface area contributed by atoms with Crippen LogP contribution < -0.4 is 5.73 Å². The van der Waals surface area contributed by atoms with Crippen LogP contribution in [0, 0.1) is 0 Å². The van der Waals surface area contributed by atoms with Crippen LogP contribution in [0.5, 0.6) is 0 Å². The summed E-state index contributed by atoms with van der Waals surface area (Å²) >= 11 is 0. The molecule has 0 radical (unpaired) electrons. The van der Waals surface area contributed by atoms with Crippen LogP contribution in [0.15, 0.2) is 35.7 Å². The second-order valence-electron chi connectivity index (χ2n) is 3.41. The number of nitrogens with zero attached hydrogens (tertiary/aromatic N) is 6. The van der Waals surface area contributed by atoms with E-state index < -0.39 is 0 Å². The standard InChI is InChI=1S/C10H11N7/c11-9-3-1-2-8(6-9)10-13-7-17(15-10)5-4-14-16-12/h1-3,6-7H,4-5,11H2. The summed E-state index contributed by atoms with van der Waals surface area (Å²) < 4.78 is 1.63. The predicted molar refractivity (Wildman–Crippen MR) is 63.9 cm³/mol. The van der Waals surface area contributed by atoms with Crippen molar-refractivity contribution in [2.45, 2.75) is 6.54 Å². The van der Waals surface area contributed by atoms with Crippen molar-refractivity contribution in [3.8, 4) is 11.4 Å². The van der Waals surface area contributed by atoms with Gasteiger partial charge in [-0.25, -0.2) is 4.98 Å². The molecule has 2 N–H and O–H groups in total. The first-order valence-corrected chi connectivity index (χ1v) is 5.06. The predicted octanol–water partition coefficient (Wildman–Crippen LogP) is 1.84. The Morgan fingerprint density at radius 2 is 2.35 bits per heavy atom. The first-order chi connectivity index (χ1) is 8.29. The molecule has 0 spiro atoms. The molecule has 0 unspecified atom stereocenters. The Labute approximate surface area is 97.5 Å². The third-order valence-electron chi connectivity index (χ3n) is 2.17. The van der Waals surface area contributed by atoms with Gasteiger partial charge >= 0.3 is 0 Å². The second-order valence-corrected chi connectivity index (χ2v) is 3.41. The molecule has 0 atom stereocenters. The van der Waals surface area contributed by atoms with E-state index in [2.05, 4.69) is 20.1 Å². The van der Waals surface area contributed by atoms with Crippen molar-refractivity contribution in [1.29, 1.82) is 0 Å². The summed E-state index contributed by atoms with van der Waals surface area (Å²) in [6.07, 6.45) is 1.60. The molecule has 17 heavy (non-hydrogen) atoms. The maximum absolute atomic E-state index is 8.16. The number of hydrogen-bond donors (Lipinski definition) is 1. The molecule has 7 heteroatoms. The summed E-state index contributed by atoms with van der Waals surface area (Å²) in [6.45, 7) is 0.871. The highest BCUT2D eigenvalue weighted by Gasteiger charge is 2.03. The molecule has 0 amide bonds. The fourth-order valence-electron chi connectivity index (χ4n) is 1.40.